The molecule has 289 valence electrons. The van der Waals surface area contributed by atoms with Gasteiger partial charge in [0.1, 0.15) is 17.2 Å². The molecule has 0 spiro atoms. The normalized spacial score (nSPS) is 14.6. The molecule has 4 aromatic carbocycles. The summed E-state index contributed by atoms with van der Waals surface area (Å²) in [6.45, 7) is 19.7. The number of rotatable bonds is 10. The van der Waals surface area contributed by atoms with Crippen molar-refractivity contribution in [3.05, 3.63) is 95.5 Å². The molecule has 0 atom stereocenters. The summed E-state index contributed by atoms with van der Waals surface area (Å²) in [4.78, 5) is 21.2. The Morgan fingerprint density at radius 2 is 1.56 bits per heavy atom. The first kappa shape index (κ1) is 35.8. The number of hydrogen-bond donors (Lipinski definition) is 1. The summed E-state index contributed by atoms with van der Waals surface area (Å²) in [6, 6.07) is 23.0. The van der Waals surface area contributed by atoms with Crippen LogP contribution in [0.15, 0.2) is 76.9 Å². The average Bonchev–Trinajstić information content (AvgIpc) is 3.57. The van der Waals surface area contributed by atoms with Crippen molar-refractivity contribution in [3.8, 4) is 11.3 Å². The third-order valence-electron chi connectivity index (χ3n) is 11.2. The van der Waals surface area contributed by atoms with Crippen molar-refractivity contribution in [2.75, 3.05) is 0 Å². The van der Waals surface area contributed by atoms with Gasteiger partial charge in [0.2, 0.25) is 5.71 Å². The molecule has 0 fully saturated rings. The number of benzene rings is 4. The molecule has 0 aliphatic carbocycles. The van der Waals surface area contributed by atoms with Gasteiger partial charge < -0.3 is 9.52 Å². The van der Waals surface area contributed by atoms with E-state index in [0.29, 0.717) is 38.6 Å². The fourth-order valence-electron chi connectivity index (χ4n) is 6.79. The number of aliphatic hydroxyl groups is 1. The summed E-state index contributed by atoms with van der Waals surface area (Å²) in [7, 11) is 0. The summed E-state index contributed by atoms with van der Waals surface area (Å²) in [5.74, 6) is -0.304. The van der Waals surface area contributed by atoms with Crippen molar-refractivity contribution in [2.45, 2.75) is 120 Å². The molecule has 1 N–H and O–H groups in total. The maximum Gasteiger partial charge on any atom is 0.223 e. The summed E-state index contributed by atoms with van der Waals surface area (Å²) in [5, 5.41) is 14.9. The van der Waals surface area contributed by atoms with E-state index < -0.39 is 13.2 Å². The predicted molar refractivity (Wildman–Crippen MR) is 224 cm³/mol. The quantitative estimate of drug-likeness (QED) is 0.0842. The van der Waals surface area contributed by atoms with Crippen LogP contribution in [-0.4, -0.2) is 20.9 Å². The molecule has 0 unspecified atom stereocenters. The van der Waals surface area contributed by atoms with Gasteiger partial charge in [0, 0.05) is 65.7 Å². The molecule has 0 aliphatic rings. The fourth-order valence-corrected chi connectivity index (χ4v) is 6.79. The van der Waals surface area contributed by atoms with Crippen LogP contribution < -0.4 is 0 Å². The second-order valence-electron chi connectivity index (χ2n) is 16.1. The Hall–Kier alpha value is -3.86. The third-order valence-corrected chi connectivity index (χ3v) is 11.2. The number of hydrogen-bond acceptors (Lipinski definition) is 5. The molecule has 0 bridgehead atoms. The Bertz CT molecular complexity index is 2500. The number of ketones is 1. The monoisotopic (exact) mass is 909 g/mol. The van der Waals surface area contributed by atoms with Crippen LogP contribution in [0.25, 0.3) is 54.9 Å². The SMILES string of the molecule is CCC(C)(CC)C(=O)/C=C(\O)C(C)(CC)CC.[2H]C([2H])([2H])c1nc(-c2[c-]c3ccccc3c(C(C)(C)C)c2)c2c(n1)oc1c2ccc2cccc(C([2H])([2H])C(C)C)c21.[Ir]. The minimum absolute atomic E-state index is 0. The smallest absolute Gasteiger partial charge is 0.223 e. The average molecular weight is 909 g/mol. The van der Waals surface area contributed by atoms with Crippen LogP contribution >= 0.6 is 0 Å². The Balaban J connectivity index is 0.000000364. The number of nitrogens with zero attached hydrogens (tertiary/aromatic N) is 2. The van der Waals surface area contributed by atoms with Crippen LogP contribution in [0.2, 0.25) is 0 Å². The zero-order valence-electron chi connectivity index (χ0n) is 38.7. The first-order valence-electron chi connectivity index (χ1n) is 21.6. The van der Waals surface area contributed by atoms with Gasteiger partial charge in [-0.05, 0) is 61.2 Å². The first-order valence-corrected chi connectivity index (χ1v) is 19.1. The molecule has 2 aromatic heterocycles. The second-order valence-corrected chi connectivity index (χ2v) is 16.1. The number of carbonyl (C=O) groups is 1. The summed E-state index contributed by atoms with van der Waals surface area (Å²) in [6.07, 6.45) is 3.13. The minimum Gasteiger partial charge on any atom is -0.512 e. The van der Waals surface area contributed by atoms with Crippen LogP contribution in [0.1, 0.15) is 126 Å². The van der Waals surface area contributed by atoms with Gasteiger partial charge in [-0.25, -0.2) is 0 Å². The Morgan fingerprint density at radius 1 is 0.889 bits per heavy atom. The Labute approximate surface area is 343 Å². The molecule has 6 heteroatoms. The van der Waals surface area contributed by atoms with E-state index in [-0.39, 0.29) is 65.3 Å². The van der Waals surface area contributed by atoms with Crippen molar-refractivity contribution in [3.63, 3.8) is 0 Å². The first-order chi connectivity index (χ1) is 27.0. The zero-order valence-corrected chi connectivity index (χ0v) is 36.1. The summed E-state index contributed by atoms with van der Waals surface area (Å²) in [5.41, 5.74) is 2.51. The predicted octanol–water partition coefficient (Wildman–Crippen LogP) is 13.6. The largest absolute Gasteiger partial charge is 0.512 e. The van der Waals surface area contributed by atoms with Gasteiger partial charge in [-0.3, -0.25) is 9.78 Å². The Morgan fingerprint density at radius 3 is 2.17 bits per heavy atom. The molecule has 2 heterocycles. The fraction of sp³-hybridized carbons (Fsp3) is 0.438. The van der Waals surface area contributed by atoms with Crippen molar-refractivity contribution in [1.82, 2.24) is 9.97 Å². The molecule has 0 saturated carbocycles. The van der Waals surface area contributed by atoms with Crippen LogP contribution in [0, 0.1) is 29.7 Å². The van der Waals surface area contributed by atoms with Crippen molar-refractivity contribution < 1.29 is 41.3 Å². The van der Waals surface area contributed by atoms with E-state index in [1.165, 1.54) is 6.08 Å². The Kier molecular flexibility index (Phi) is 11.2. The zero-order chi connectivity index (χ0) is 43.2. The molecular formula is C48H59IrN2O3-. The number of aryl methyl sites for hydroxylation is 1. The number of allylic oxidation sites excluding steroid dienone is 2. The van der Waals surface area contributed by atoms with Gasteiger partial charge in [0.05, 0.1) is 0 Å². The molecule has 0 aliphatic heterocycles. The maximum atomic E-state index is 12.2. The third kappa shape index (κ3) is 8.51. The number of fused-ring (bicyclic) bond motifs is 6. The van der Waals surface area contributed by atoms with Crippen LogP contribution in [0.4, 0.5) is 0 Å². The van der Waals surface area contributed by atoms with Crippen molar-refractivity contribution in [2.24, 2.45) is 16.7 Å². The standard InChI is InChI=1S/C33H31N2O.C15H28O2.Ir/c1-19(2)16-23-12-9-11-21-14-15-26-29-30(34-20(3)35-32(29)36-31(26)28(21)23)24-17-22-10-7-8-13-25(22)27(18-24)33(4,5)6;1-7-14(5,8-2)12(16)11-13(17)15(6,9-3)10-4;/h7-15,18-19H,16H2,1-6H3;11,16H,7-10H2,1-6H3;/q-1;;/b;12-11-;/i3D3,16D2;;. The van der Waals surface area contributed by atoms with Gasteiger partial charge >= 0.3 is 0 Å². The van der Waals surface area contributed by atoms with E-state index in [1.807, 2.05) is 104 Å². The maximum absolute atomic E-state index is 12.2. The topological polar surface area (TPSA) is 76.2 Å². The second kappa shape index (κ2) is 16.9. The number of aliphatic hydroxyl groups excluding tert-OH is 1. The van der Waals surface area contributed by atoms with Gasteiger partial charge in [-0.1, -0.05) is 136 Å². The summed E-state index contributed by atoms with van der Waals surface area (Å²) < 4.78 is 48.5. The van der Waals surface area contributed by atoms with Crippen LogP contribution in [-0.2, 0) is 36.7 Å². The molecule has 0 saturated heterocycles. The molecule has 0 amide bonds. The number of carbonyl (C=O) groups excluding carboxylic acids is 1. The van der Waals surface area contributed by atoms with E-state index in [4.69, 9.17) is 11.3 Å². The summed E-state index contributed by atoms with van der Waals surface area (Å²) >= 11 is 0. The number of aromatic nitrogens is 2. The van der Waals surface area contributed by atoms with Crippen LogP contribution in [0.3, 0.4) is 0 Å². The van der Waals surface area contributed by atoms with E-state index in [9.17, 15) is 9.90 Å². The number of furan rings is 1. The van der Waals surface area contributed by atoms with Crippen molar-refractivity contribution >= 4 is 49.4 Å². The van der Waals surface area contributed by atoms with E-state index >= 15 is 0 Å². The minimum atomic E-state index is -2.56. The van der Waals surface area contributed by atoms with Crippen molar-refractivity contribution in [1.29, 1.82) is 0 Å². The molecule has 1 radical (unpaired) electrons. The molecule has 5 nitrogen and oxygen atoms in total. The van der Waals surface area contributed by atoms with Crippen LogP contribution in [0.5, 0.6) is 0 Å². The molecule has 6 rings (SSSR count). The van der Waals surface area contributed by atoms with E-state index in [2.05, 4.69) is 42.9 Å². The van der Waals surface area contributed by atoms with E-state index in [0.717, 1.165) is 47.4 Å². The van der Waals surface area contributed by atoms with Gasteiger partial charge in [0.25, 0.3) is 0 Å². The van der Waals surface area contributed by atoms with Gasteiger partial charge in [-0.15, -0.1) is 29.1 Å². The molecule has 54 heavy (non-hydrogen) atoms. The van der Waals surface area contributed by atoms with E-state index in [1.54, 1.807) is 6.07 Å². The van der Waals surface area contributed by atoms with Gasteiger partial charge in [-0.2, -0.15) is 4.98 Å². The molecular weight excluding hydrogens is 845 g/mol. The van der Waals surface area contributed by atoms with Gasteiger partial charge in [0.15, 0.2) is 5.78 Å². The molecule has 6 aromatic rings.